The van der Waals surface area contributed by atoms with Crippen molar-refractivity contribution in [2.45, 2.75) is 39.3 Å². The third kappa shape index (κ3) is 3.49. The van der Waals surface area contributed by atoms with E-state index in [9.17, 15) is 9.59 Å². The van der Waals surface area contributed by atoms with E-state index >= 15 is 0 Å². The van der Waals surface area contributed by atoms with Gasteiger partial charge >= 0.3 is 5.97 Å². The van der Waals surface area contributed by atoms with Crippen LogP contribution in [0.4, 0.5) is 0 Å². The molecule has 0 N–H and O–H groups in total. The second-order valence-corrected chi connectivity index (χ2v) is 7.01. The standard InChI is InChI=1S/C19H20N2O3S/c1-4-12(2)24-19(23)13(3)21-11-20-17-15(18(21)22)10-16(25-17)14-8-6-5-7-9-14/h5-13H,4H2,1-3H3. The molecule has 0 radical (unpaired) electrons. The number of aromatic nitrogens is 2. The van der Waals surface area contributed by atoms with Gasteiger partial charge in [-0.2, -0.15) is 0 Å². The Hall–Kier alpha value is -2.47. The molecule has 2 unspecified atom stereocenters. The zero-order valence-electron chi connectivity index (χ0n) is 14.4. The molecule has 5 nitrogen and oxygen atoms in total. The number of carbonyl (C=O) groups is 1. The Bertz CT molecular complexity index is 946. The fraction of sp³-hybridized carbons (Fsp3) is 0.316. The molecule has 0 amide bonds. The molecule has 2 atom stereocenters. The van der Waals surface area contributed by atoms with Crippen LogP contribution < -0.4 is 5.56 Å². The van der Waals surface area contributed by atoms with E-state index in [-0.39, 0.29) is 11.7 Å². The van der Waals surface area contributed by atoms with Gasteiger partial charge in [0, 0.05) is 4.88 Å². The van der Waals surface area contributed by atoms with Gasteiger partial charge in [-0.05, 0) is 31.9 Å². The number of carbonyl (C=O) groups excluding carboxylic acids is 1. The summed E-state index contributed by atoms with van der Waals surface area (Å²) in [4.78, 5) is 31.0. The van der Waals surface area contributed by atoms with Gasteiger partial charge < -0.3 is 4.74 Å². The summed E-state index contributed by atoms with van der Waals surface area (Å²) in [5.74, 6) is -0.420. The van der Waals surface area contributed by atoms with Crippen molar-refractivity contribution >= 4 is 27.5 Å². The summed E-state index contributed by atoms with van der Waals surface area (Å²) in [6, 6.07) is 11.0. The van der Waals surface area contributed by atoms with Crippen LogP contribution in [0.3, 0.4) is 0 Å². The highest BCUT2D eigenvalue weighted by Gasteiger charge is 2.21. The number of hydrogen-bond donors (Lipinski definition) is 0. The van der Waals surface area contributed by atoms with Crippen molar-refractivity contribution in [3.8, 4) is 10.4 Å². The van der Waals surface area contributed by atoms with Gasteiger partial charge in [-0.25, -0.2) is 9.78 Å². The molecule has 25 heavy (non-hydrogen) atoms. The Morgan fingerprint density at radius 1 is 1.28 bits per heavy atom. The molecule has 0 fully saturated rings. The van der Waals surface area contributed by atoms with Crippen LogP contribution in [-0.2, 0) is 9.53 Å². The predicted molar refractivity (Wildman–Crippen MR) is 99.9 cm³/mol. The molecule has 0 aliphatic carbocycles. The minimum absolute atomic E-state index is 0.173. The van der Waals surface area contributed by atoms with Crippen molar-refractivity contribution in [1.29, 1.82) is 0 Å². The van der Waals surface area contributed by atoms with Crippen LogP contribution >= 0.6 is 11.3 Å². The molecular formula is C19H20N2O3S. The van der Waals surface area contributed by atoms with Gasteiger partial charge in [0.05, 0.1) is 17.8 Å². The Morgan fingerprint density at radius 2 is 2.00 bits per heavy atom. The maximum Gasteiger partial charge on any atom is 0.329 e. The lowest BCUT2D eigenvalue weighted by Crippen LogP contribution is -2.30. The summed E-state index contributed by atoms with van der Waals surface area (Å²) < 4.78 is 6.68. The van der Waals surface area contributed by atoms with Crippen molar-refractivity contribution in [1.82, 2.24) is 9.55 Å². The smallest absolute Gasteiger partial charge is 0.329 e. The van der Waals surface area contributed by atoms with Crippen LogP contribution in [0.2, 0.25) is 0 Å². The van der Waals surface area contributed by atoms with E-state index in [4.69, 9.17) is 4.74 Å². The molecular weight excluding hydrogens is 336 g/mol. The molecule has 1 aromatic carbocycles. The van der Waals surface area contributed by atoms with Gasteiger partial charge in [0.25, 0.3) is 5.56 Å². The summed E-state index contributed by atoms with van der Waals surface area (Å²) >= 11 is 1.47. The highest BCUT2D eigenvalue weighted by molar-refractivity contribution is 7.21. The fourth-order valence-corrected chi connectivity index (χ4v) is 3.45. The summed E-state index contributed by atoms with van der Waals surface area (Å²) in [5.41, 5.74) is 0.817. The Kier molecular flexibility index (Phi) is 4.99. The lowest BCUT2D eigenvalue weighted by molar-refractivity contribution is -0.152. The van der Waals surface area contributed by atoms with Crippen LogP contribution in [0, 0.1) is 0 Å². The molecule has 0 bridgehead atoms. The van der Waals surface area contributed by atoms with Crippen molar-refractivity contribution < 1.29 is 9.53 Å². The molecule has 2 aromatic heterocycles. The number of ether oxygens (including phenoxy) is 1. The first kappa shape index (κ1) is 17.4. The van der Waals surface area contributed by atoms with Gasteiger partial charge in [-0.1, -0.05) is 37.3 Å². The Labute approximate surface area is 149 Å². The highest BCUT2D eigenvalue weighted by Crippen LogP contribution is 2.30. The molecule has 0 saturated carbocycles. The lowest BCUT2D eigenvalue weighted by atomic mass is 10.2. The number of benzene rings is 1. The topological polar surface area (TPSA) is 61.2 Å². The van der Waals surface area contributed by atoms with Crippen molar-refractivity contribution in [2.75, 3.05) is 0 Å². The van der Waals surface area contributed by atoms with E-state index in [0.29, 0.717) is 10.2 Å². The molecule has 130 valence electrons. The number of nitrogens with zero attached hydrogens (tertiary/aromatic N) is 2. The number of thiophene rings is 1. The zero-order chi connectivity index (χ0) is 18.0. The first-order valence-corrected chi connectivity index (χ1v) is 9.09. The van der Waals surface area contributed by atoms with Crippen LogP contribution in [0.25, 0.3) is 20.7 Å². The van der Waals surface area contributed by atoms with E-state index in [1.54, 1.807) is 6.92 Å². The summed E-state index contributed by atoms with van der Waals surface area (Å²) in [7, 11) is 0. The van der Waals surface area contributed by atoms with Crippen LogP contribution in [0.15, 0.2) is 47.5 Å². The average Bonchev–Trinajstić information content (AvgIpc) is 3.07. The van der Waals surface area contributed by atoms with Gasteiger partial charge in [0.15, 0.2) is 0 Å². The maximum atomic E-state index is 12.8. The minimum atomic E-state index is -0.710. The van der Waals surface area contributed by atoms with Crippen LogP contribution in [-0.4, -0.2) is 21.6 Å². The van der Waals surface area contributed by atoms with Crippen LogP contribution in [0.1, 0.15) is 33.2 Å². The predicted octanol–water partition coefficient (Wildman–Crippen LogP) is 4.03. The SMILES string of the molecule is CCC(C)OC(=O)C(C)n1cnc2sc(-c3ccccc3)cc2c1=O. The van der Waals surface area contributed by atoms with Crippen molar-refractivity contribution in [3.05, 3.63) is 53.1 Å². The van der Waals surface area contributed by atoms with Crippen LogP contribution in [0.5, 0.6) is 0 Å². The van der Waals surface area contributed by atoms with E-state index in [0.717, 1.165) is 16.9 Å². The molecule has 0 aliphatic heterocycles. The minimum Gasteiger partial charge on any atom is -0.461 e. The first-order valence-electron chi connectivity index (χ1n) is 8.27. The Morgan fingerprint density at radius 3 is 2.68 bits per heavy atom. The normalized spacial score (nSPS) is 13.6. The monoisotopic (exact) mass is 356 g/mol. The molecule has 3 rings (SSSR count). The molecule has 2 heterocycles. The second-order valence-electron chi connectivity index (χ2n) is 5.98. The van der Waals surface area contributed by atoms with Gasteiger partial charge in [-0.3, -0.25) is 9.36 Å². The molecule has 6 heteroatoms. The van der Waals surface area contributed by atoms with Crippen molar-refractivity contribution in [2.24, 2.45) is 0 Å². The summed E-state index contributed by atoms with van der Waals surface area (Å²) in [6.07, 6.45) is 1.99. The third-order valence-corrected chi connectivity index (χ3v) is 5.28. The number of fused-ring (bicyclic) bond motifs is 1. The van der Waals surface area contributed by atoms with Gasteiger partial charge in [-0.15, -0.1) is 11.3 Å². The highest BCUT2D eigenvalue weighted by atomic mass is 32.1. The largest absolute Gasteiger partial charge is 0.461 e. The number of hydrogen-bond acceptors (Lipinski definition) is 5. The maximum absolute atomic E-state index is 12.8. The molecule has 0 saturated heterocycles. The van der Waals surface area contributed by atoms with Gasteiger partial charge in [0.1, 0.15) is 10.9 Å². The first-order chi connectivity index (χ1) is 12.0. The third-order valence-electron chi connectivity index (χ3n) is 4.19. The van der Waals surface area contributed by atoms with E-state index in [1.807, 2.05) is 50.2 Å². The van der Waals surface area contributed by atoms with E-state index < -0.39 is 12.0 Å². The number of rotatable bonds is 5. The van der Waals surface area contributed by atoms with Crippen molar-refractivity contribution in [3.63, 3.8) is 0 Å². The molecule has 0 aliphatic rings. The molecule has 3 aromatic rings. The fourth-order valence-electron chi connectivity index (χ4n) is 2.45. The van der Waals surface area contributed by atoms with E-state index in [2.05, 4.69) is 4.98 Å². The average molecular weight is 356 g/mol. The summed E-state index contributed by atoms with van der Waals surface area (Å²) in [5, 5.41) is 0.523. The lowest BCUT2D eigenvalue weighted by Gasteiger charge is -2.17. The summed E-state index contributed by atoms with van der Waals surface area (Å²) in [6.45, 7) is 5.43. The van der Waals surface area contributed by atoms with Gasteiger partial charge in [0.2, 0.25) is 0 Å². The molecule has 0 spiro atoms. The number of esters is 1. The van der Waals surface area contributed by atoms with E-state index in [1.165, 1.54) is 22.2 Å². The zero-order valence-corrected chi connectivity index (χ0v) is 15.2. The second kappa shape index (κ2) is 7.19. The quantitative estimate of drug-likeness (QED) is 0.648. The Balaban J connectivity index is 1.97.